The molecule has 0 aliphatic carbocycles. The fourth-order valence-corrected chi connectivity index (χ4v) is 3.97. The van der Waals surface area contributed by atoms with E-state index in [0.717, 1.165) is 63.4 Å². The van der Waals surface area contributed by atoms with Gasteiger partial charge in [0.25, 0.3) is 0 Å². The van der Waals surface area contributed by atoms with Gasteiger partial charge in [-0.05, 0) is 51.5 Å². The molecule has 1 unspecified atom stereocenters. The van der Waals surface area contributed by atoms with E-state index in [4.69, 9.17) is 9.47 Å². The second-order valence-corrected chi connectivity index (χ2v) is 7.36. The van der Waals surface area contributed by atoms with Crippen molar-refractivity contribution in [2.75, 3.05) is 33.0 Å². The second-order valence-electron chi connectivity index (χ2n) is 7.36. The molecule has 0 spiro atoms. The largest absolute Gasteiger partial charge is 0.381 e. The number of carbonyl (C=O) groups is 1. The predicted molar refractivity (Wildman–Crippen MR) is 95.4 cm³/mol. The van der Waals surface area contributed by atoms with E-state index < -0.39 is 0 Å². The Hall–Kier alpha value is -1.40. The maximum atomic E-state index is 12.7. The molecular weight excluding hydrogens is 318 g/mol. The van der Waals surface area contributed by atoms with Crippen LogP contribution >= 0.6 is 0 Å². The summed E-state index contributed by atoms with van der Waals surface area (Å²) in [4.78, 5) is 14.8. The Morgan fingerprint density at radius 3 is 2.76 bits per heavy atom. The van der Waals surface area contributed by atoms with Crippen LogP contribution in [0.1, 0.15) is 43.5 Å². The van der Waals surface area contributed by atoms with Crippen molar-refractivity contribution in [3.05, 3.63) is 17.5 Å². The Balaban J connectivity index is 1.48. The molecule has 140 valence electrons. The lowest BCUT2D eigenvalue weighted by molar-refractivity contribution is -0.141. The first-order chi connectivity index (χ1) is 12.1. The van der Waals surface area contributed by atoms with E-state index in [1.807, 2.05) is 11.6 Å². The molecule has 3 rings (SSSR count). The summed E-state index contributed by atoms with van der Waals surface area (Å²) in [6.07, 6.45) is 4.68. The first-order valence-corrected chi connectivity index (χ1v) is 9.59. The molecule has 6 heteroatoms. The van der Waals surface area contributed by atoms with Crippen molar-refractivity contribution in [3.8, 4) is 0 Å². The van der Waals surface area contributed by atoms with Gasteiger partial charge in [-0.1, -0.05) is 0 Å². The third kappa shape index (κ3) is 5.05. The van der Waals surface area contributed by atoms with Crippen molar-refractivity contribution in [3.63, 3.8) is 0 Å². The highest BCUT2D eigenvalue weighted by atomic mass is 16.5. The molecule has 2 aliphatic rings. The van der Waals surface area contributed by atoms with Gasteiger partial charge in [0.15, 0.2) is 0 Å². The molecule has 0 saturated carbocycles. The van der Waals surface area contributed by atoms with Gasteiger partial charge in [0.2, 0.25) is 5.91 Å². The van der Waals surface area contributed by atoms with Crippen LogP contribution in [-0.2, 0) is 20.8 Å². The molecule has 1 atom stereocenters. The summed E-state index contributed by atoms with van der Waals surface area (Å²) >= 11 is 0. The van der Waals surface area contributed by atoms with E-state index in [2.05, 4.69) is 23.0 Å². The standard InChI is InChI=1S/C19H31N3O3/c1-15-12-16(2)22(20-15)7-3-4-19(23)21-8-11-25-14-18(21)13-17-5-9-24-10-6-17/h12,17-18H,3-11,13-14H2,1-2H3. The van der Waals surface area contributed by atoms with Gasteiger partial charge >= 0.3 is 0 Å². The minimum absolute atomic E-state index is 0.234. The average Bonchev–Trinajstić information content (AvgIpc) is 2.93. The van der Waals surface area contributed by atoms with E-state index in [0.29, 0.717) is 25.6 Å². The van der Waals surface area contributed by atoms with Crippen molar-refractivity contribution < 1.29 is 14.3 Å². The van der Waals surface area contributed by atoms with Crippen LogP contribution in [0.4, 0.5) is 0 Å². The first-order valence-electron chi connectivity index (χ1n) is 9.59. The zero-order valence-corrected chi connectivity index (χ0v) is 15.6. The SMILES string of the molecule is Cc1cc(C)n(CCCC(=O)N2CCOCC2CC2CCOCC2)n1. The van der Waals surface area contributed by atoms with Crippen LogP contribution in [-0.4, -0.2) is 59.6 Å². The number of aryl methyl sites for hydroxylation is 3. The summed E-state index contributed by atoms with van der Waals surface area (Å²) in [5, 5.41) is 4.47. The maximum Gasteiger partial charge on any atom is 0.223 e. The summed E-state index contributed by atoms with van der Waals surface area (Å²) < 4.78 is 13.1. The Bertz CT molecular complexity index is 566. The molecule has 2 aliphatic heterocycles. The molecule has 6 nitrogen and oxygen atoms in total. The van der Waals surface area contributed by atoms with E-state index in [1.54, 1.807) is 0 Å². The van der Waals surface area contributed by atoms with E-state index in [1.165, 1.54) is 0 Å². The Kier molecular flexibility index (Phi) is 6.48. The lowest BCUT2D eigenvalue weighted by Crippen LogP contribution is -2.49. The van der Waals surface area contributed by atoms with E-state index in [-0.39, 0.29) is 11.9 Å². The molecule has 3 heterocycles. The number of nitrogens with zero attached hydrogens (tertiary/aromatic N) is 3. The van der Waals surface area contributed by atoms with Gasteiger partial charge < -0.3 is 14.4 Å². The van der Waals surface area contributed by atoms with Crippen molar-refractivity contribution in [2.45, 2.75) is 58.5 Å². The highest BCUT2D eigenvalue weighted by Crippen LogP contribution is 2.24. The second kappa shape index (κ2) is 8.81. The van der Waals surface area contributed by atoms with Gasteiger partial charge in [0, 0.05) is 38.4 Å². The number of ether oxygens (including phenoxy) is 2. The fourth-order valence-electron chi connectivity index (χ4n) is 3.97. The maximum absolute atomic E-state index is 12.7. The quantitative estimate of drug-likeness (QED) is 0.791. The fraction of sp³-hybridized carbons (Fsp3) is 0.789. The molecule has 1 aromatic rings. The number of carbonyl (C=O) groups excluding carboxylic acids is 1. The number of hydrogen-bond acceptors (Lipinski definition) is 4. The van der Waals surface area contributed by atoms with Gasteiger partial charge in [-0.25, -0.2) is 0 Å². The van der Waals surface area contributed by atoms with E-state index in [9.17, 15) is 4.79 Å². The molecule has 2 fully saturated rings. The monoisotopic (exact) mass is 349 g/mol. The van der Waals surface area contributed by atoms with Crippen molar-refractivity contribution in [1.82, 2.24) is 14.7 Å². The summed E-state index contributed by atoms with van der Waals surface area (Å²) in [7, 11) is 0. The highest BCUT2D eigenvalue weighted by Gasteiger charge is 2.29. The topological polar surface area (TPSA) is 56.6 Å². The molecule has 25 heavy (non-hydrogen) atoms. The third-order valence-corrected chi connectivity index (χ3v) is 5.36. The van der Waals surface area contributed by atoms with Crippen LogP contribution in [0.5, 0.6) is 0 Å². The summed E-state index contributed by atoms with van der Waals surface area (Å²) in [5.74, 6) is 0.923. The number of morpholine rings is 1. The minimum atomic E-state index is 0.234. The van der Waals surface area contributed by atoms with Crippen LogP contribution in [0.3, 0.4) is 0 Å². The summed E-state index contributed by atoms with van der Waals surface area (Å²) in [6.45, 7) is 8.65. The Morgan fingerprint density at radius 1 is 1.24 bits per heavy atom. The normalized spacial score (nSPS) is 22.3. The third-order valence-electron chi connectivity index (χ3n) is 5.36. The average molecular weight is 349 g/mol. The molecule has 0 bridgehead atoms. The zero-order valence-electron chi connectivity index (χ0n) is 15.6. The summed E-state index contributed by atoms with van der Waals surface area (Å²) in [5.41, 5.74) is 2.20. The van der Waals surface area contributed by atoms with Crippen molar-refractivity contribution >= 4 is 5.91 Å². The van der Waals surface area contributed by atoms with Gasteiger partial charge in [-0.3, -0.25) is 9.48 Å². The lowest BCUT2D eigenvalue weighted by atomic mass is 9.91. The Labute approximate surface area is 150 Å². The zero-order chi connectivity index (χ0) is 17.6. The minimum Gasteiger partial charge on any atom is -0.381 e. The van der Waals surface area contributed by atoms with Gasteiger partial charge in [-0.2, -0.15) is 5.10 Å². The molecule has 1 aromatic heterocycles. The van der Waals surface area contributed by atoms with Gasteiger partial charge in [0.1, 0.15) is 0 Å². The summed E-state index contributed by atoms with van der Waals surface area (Å²) in [6, 6.07) is 2.31. The van der Waals surface area contributed by atoms with Crippen LogP contribution in [0, 0.1) is 19.8 Å². The lowest BCUT2D eigenvalue weighted by Gasteiger charge is -2.38. The van der Waals surface area contributed by atoms with Gasteiger partial charge in [-0.15, -0.1) is 0 Å². The molecule has 0 radical (unpaired) electrons. The van der Waals surface area contributed by atoms with Crippen LogP contribution in [0.15, 0.2) is 6.07 Å². The Morgan fingerprint density at radius 2 is 2.04 bits per heavy atom. The number of rotatable bonds is 6. The molecular formula is C19H31N3O3. The number of amides is 1. The molecule has 2 saturated heterocycles. The van der Waals surface area contributed by atoms with E-state index >= 15 is 0 Å². The van der Waals surface area contributed by atoms with Crippen molar-refractivity contribution in [1.29, 1.82) is 0 Å². The predicted octanol–water partition coefficient (Wildman–Crippen LogP) is 2.32. The van der Waals surface area contributed by atoms with Crippen molar-refractivity contribution in [2.24, 2.45) is 5.92 Å². The molecule has 1 amide bonds. The number of aromatic nitrogens is 2. The van der Waals surface area contributed by atoms with Crippen LogP contribution in [0.25, 0.3) is 0 Å². The highest BCUT2D eigenvalue weighted by molar-refractivity contribution is 5.76. The van der Waals surface area contributed by atoms with Crippen LogP contribution < -0.4 is 0 Å². The molecule has 0 aromatic carbocycles. The van der Waals surface area contributed by atoms with Crippen LogP contribution in [0.2, 0.25) is 0 Å². The smallest absolute Gasteiger partial charge is 0.223 e. The number of hydrogen-bond donors (Lipinski definition) is 0. The van der Waals surface area contributed by atoms with Gasteiger partial charge in [0.05, 0.1) is 24.9 Å². The first kappa shape index (κ1) is 18.4. The molecule has 0 N–H and O–H groups in total.